The second-order valence-corrected chi connectivity index (χ2v) is 5.08. The Balaban J connectivity index is 2.74. The highest BCUT2D eigenvalue weighted by molar-refractivity contribution is 7.13. The Labute approximate surface area is 93.5 Å². The van der Waals surface area contributed by atoms with Crippen LogP contribution in [0.3, 0.4) is 0 Å². The van der Waals surface area contributed by atoms with Crippen molar-refractivity contribution >= 4 is 22.9 Å². The van der Waals surface area contributed by atoms with Crippen LogP contribution in [0.4, 0.5) is 0 Å². The van der Waals surface area contributed by atoms with Crippen LogP contribution in [-0.4, -0.2) is 16.6 Å². The van der Waals surface area contributed by atoms with Gasteiger partial charge in [-0.2, -0.15) is 0 Å². The first-order valence-electron chi connectivity index (χ1n) is 4.91. The molecule has 1 aromatic rings. The predicted octanol–water partition coefficient (Wildman–Crippen LogP) is 2.56. The fraction of sp³-hybridized carbons (Fsp3) is 0.545. The number of aromatic nitrogens is 1. The number of aryl methyl sites for hydroxylation is 2. The van der Waals surface area contributed by atoms with E-state index in [2.05, 4.69) is 4.98 Å². The molecule has 1 aromatic heterocycles. The summed E-state index contributed by atoms with van der Waals surface area (Å²) in [5, 5.41) is 0.457. The Morgan fingerprint density at radius 3 is 2.33 bits per heavy atom. The Bertz CT molecular complexity index is 374. The Kier molecular flexibility index (Phi) is 3.74. The lowest BCUT2D eigenvalue weighted by atomic mass is 10.0. The molecule has 4 heteroatoms. The first-order valence-corrected chi connectivity index (χ1v) is 5.73. The summed E-state index contributed by atoms with van der Waals surface area (Å²) in [6.45, 7) is 7.39. The van der Waals surface area contributed by atoms with Crippen LogP contribution in [0, 0.1) is 19.8 Å². The normalized spacial score (nSPS) is 10.7. The molecule has 1 heterocycles. The molecule has 0 radical (unpaired) electrons. The van der Waals surface area contributed by atoms with Crippen molar-refractivity contribution in [3.63, 3.8) is 0 Å². The first-order chi connectivity index (χ1) is 6.91. The first kappa shape index (κ1) is 12.0. The number of rotatable bonds is 4. The molecule has 0 N–H and O–H groups in total. The SMILES string of the molecule is Cc1nc(C(=O)CC(=O)C(C)C)sc1C. The summed E-state index contributed by atoms with van der Waals surface area (Å²) in [7, 11) is 0. The monoisotopic (exact) mass is 225 g/mol. The fourth-order valence-corrected chi connectivity index (χ4v) is 1.88. The third-order valence-corrected chi connectivity index (χ3v) is 3.36. The third-order valence-electron chi connectivity index (χ3n) is 2.25. The number of carbonyl (C=O) groups excluding carboxylic acids is 2. The minimum Gasteiger partial charge on any atom is -0.299 e. The van der Waals surface area contributed by atoms with Gasteiger partial charge in [0.15, 0.2) is 10.8 Å². The van der Waals surface area contributed by atoms with Crippen molar-refractivity contribution < 1.29 is 9.59 Å². The smallest absolute Gasteiger partial charge is 0.198 e. The van der Waals surface area contributed by atoms with Gasteiger partial charge in [-0.25, -0.2) is 4.98 Å². The molecule has 0 saturated heterocycles. The minimum atomic E-state index is -0.158. The van der Waals surface area contributed by atoms with Crippen LogP contribution in [0.5, 0.6) is 0 Å². The van der Waals surface area contributed by atoms with Crippen LogP contribution in [0.25, 0.3) is 0 Å². The van der Waals surface area contributed by atoms with Crippen LogP contribution in [0.1, 0.15) is 40.6 Å². The third kappa shape index (κ3) is 2.96. The Hall–Kier alpha value is -1.03. The number of nitrogens with zero attached hydrogens (tertiary/aromatic N) is 1. The summed E-state index contributed by atoms with van der Waals surface area (Å²) >= 11 is 1.36. The number of carbonyl (C=O) groups is 2. The average molecular weight is 225 g/mol. The van der Waals surface area contributed by atoms with Crippen molar-refractivity contribution in [2.75, 3.05) is 0 Å². The summed E-state index contributed by atoms with van der Waals surface area (Å²) in [4.78, 5) is 28.2. The lowest BCUT2D eigenvalue weighted by molar-refractivity contribution is -0.121. The van der Waals surface area contributed by atoms with E-state index in [9.17, 15) is 9.59 Å². The molecular weight excluding hydrogens is 210 g/mol. The van der Waals surface area contributed by atoms with Gasteiger partial charge in [0.05, 0.1) is 12.1 Å². The average Bonchev–Trinajstić information content (AvgIpc) is 2.46. The number of hydrogen-bond acceptors (Lipinski definition) is 4. The summed E-state index contributed by atoms with van der Waals surface area (Å²) in [5.41, 5.74) is 0.875. The zero-order valence-corrected chi connectivity index (χ0v) is 10.3. The lowest BCUT2D eigenvalue weighted by Crippen LogP contribution is -2.13. The van der Waals surface area contributed by atoms with E-state index in [1.165, 1.54) is 11.3 Å². The van der Waals surface area contributed by atoms with E-state index in [1.54, 1.807) is 13.8 Å². The van der Waals surface area contributed by atoms with Gasteiger partial charge >= 0.3 is 0 Å². The van der Waals surface area contributed by atoms with Crippen LogP contribution >= 0.6 is 11.3 Å². The van der Waals surface area contributed by atoms with Crippen molar-refractivity contribution in [3.05, 3.63) is 15.6 Å². The molecule has 1 rings (SSSR count). The fourth-order valence-electron chi connectivity index (χ4n) is 1.03. The van der Waals surface area contributed by atoms with Crippen molar-refractivity contribution in [1.82, 2.24) is 4.98 Å². The summed E-state index contributed by atoms with van der Waals surface area (Å²) in [5.74, 6) is -0.267. The van der Waals surface area contributed by atoms with Gasteiger partial charge in [0.1, 0.15) is 5.78 Å². The Morgan fingerprint density at radius 1 is 1.33 bits per heavy atom. The second-order valence-electron chi connectivity index (χ2n) is 3.88. The Morgan fingerprint density at radius 2 is 1.93 bits per heavy atom. The van der Waals surface area contributed by atoms with E-state index in [4.69, 9.17) is 0 Å². The maximum absolute atomic E-state index is 11.7. The van der Waals surface area contributed by atoms with E-state index < -0.39 is 0 Å². The van der Waals surface area contributed by atoms with Gasteiger partial charge in [0, 0.05) is 10.8 Å². The highest BCUT2D eigenvalue weighted by atomic mass is 32.1. The zero-order valence-electron chi connectivity index (χ0n) is 9.46. The molecule has 0 unspecified atom stereocenters. The molecule has 0 bridgehead atoms. The molecule has 0 spiro atoms. The van der Waals surface area contributed by atoms with Gasteiger partial charge in [-0.05, 0) is 13.8 Å². The van der Waals surface area contributed by atoms with Crippen molar-refractivity contribution in [2.24, 2.45) is 5.92 Å². The van der Waals surface area contributed by atoms with Crippen LogP contribution in [0.2, 0.25) is 0 Å². The van der Waals surface area contributed by atoms with E-state index in [0.29, 0.717) is 5.01 Å². The van der Waals surface area contributed by atoms with E-state index >= 15 is 0 Å². The van der Waals surface area contributed by atoms with E-state index in [1.807, 2.05) is 13.8 Å². The molecule has 0 fully saturated rings. The van der Waals surface area contributed by atoms with Crippen molar-refractivity contribution in [3.8, 4) is 0 Å². The quantitative estimate of drug-likeness (QED) is 0.584. The summed E-state index contributed by atoms with van der Waals surface area (Å²) in [6, 6.07) is 0. The zero-order chi connectivity index (χ0) is 11.6. The summed E-state index contributed by atoms with van der Waals surface area (Å²) < 4.78 is 0. The molecule has 0 aliphatic rings. The van der Waals surface area contributed by atoms with Gasteiger partial charge in [-0.15, -0.1) is 11.3 Å². The predicted molar refractivity (Wildman–Crippen MR) is 60.4 cm³/mol. The van der Waals surface area contributed by atoms with Gasteiger partial charge in [0.25, 0.3) is 0 Å². The van der Waals surface area contributed by atoms with Gasteiger partial charge in [-0.3, -0.25) is 9.59 Å². The standard InChI is InChI=1S/C11H15NO2S/c1-6(2)9(13)5-10(14)11-12-7(3)8(4)15-11/h6H,5H2,1-4H3. The molecule has 0 aromatic carbocycles. The number of hydrogen-bond donors (Lipinski definition) is 0. The van der Waals surface area contributed by atoms with Crippen LogP contribution < -0.4 is 0 Å². The van der Waals surface area contributed by atoms with E-state index in [-0.39, 0.29) is 23.9 Å². The molecule has 0 aliphatic heterocycles. The highest BCUT2D eigenvalue weighted by Crippen LogP contribution is 2.18. The highest BCUT2D eigenvalue weighted by Gasteiger charge is 2.17. The molecule has 0 saturated carbocycles. The van der Waals surface area contributed by atoms with Crippen LogP contribution in [0.15, 0.2) is 0 Å². The maximum atomic E-state index is 11.7. The maximum Gasteiger partial charge on any atom is 0.198 e. The van der Waals surface area contributed by atoms with Gasteiger partial charge in [-0.1, -0.05) is 13.8 Å². The van der Waals surface area contributed by atoms with E-state index in [0.717, 1.165) is 10.6 Å². The molecular formula is C11H15NO2S. The number of thiazole rings is 1. The molecule has 82 valence electrons. The molecule has 0 aliphatic carbocycles. The lowest BCUT2D eigenvalue weighted by Gasteiger charge is -2.00. The second kappa shape index (κ2) is 4.66. The minimum absolute atomic E-state index is 0.0227. The molecule has 3 nitrogen and oxygen atoms in total. The van der Waals surface area contributed by atoms with Crippen molar-refractivity contribution in [2.45, 2.75) is 34.1 Å². The molecule has 0 atom stereocenters. The number of Topliss-reactive ketones (excluding diaryl/α,β-unsaturated/α-hetero) is 2. The van der Waals surface area contributed by atoms with Gasteiger partial charge in [0.2, 0.25) is 0 Å². The number of ketones is 2. The summed E-state index contributed by atoms with van der Waals surface area (Å²) in [6.07, 6.45) is -0.0237. The van der Waals surface area contributed by atoms with Crippen LogP contribution in [-0.2, 0) is 4.79 Å². The molecule has 0 amide bonds. The van der Waals surface area contributed by atoms with Crippen molar-refractivity contribution in [1.29, 1.82) is 0 Å². The molecule has 15 heavy (non-hydrogen) atoms. The van der Waals surface area contributed by atoms with Gasteiger partial charge < -0.3 is 0 Å². The largest absolute Gasteiger partial charge is 0.299 e. The topological polar surface area (TPSA) is 47.0 Å².